The molecule has 16 heavy (non-hydrogen) atoms. The molecule has 0 atom stereocenters. The Morgan fingerprint density at radius 3 is 2.81 bits per heavy atom. The number of hydrogen-bond donors (Lipinski definition) is 0. The molecule has 1 aromatic carbocycles. The van der Waals surface area contributed by atoms with Crippen molar-refractivity contribution < 1.29 is 9.53 Å². The average molecular weight is 221 g/mol. The maximum Gasteiger partial charge on any atom is 0.131 e. The lowest BCUT2D eigenvalue weighted by Crippen LogP contribution is -2.20. The van der Waals surface area contributed by atoms with Gasteiger partial charge in [-0.05, 0) is 31.7 Å². The zero-order valence-corrected chi connectivity index (χ0v) is 10.2. The Hall–Kier alpha value is -1.35. The minimum Gasteiger partial charge on any atom is -0.497 e. The molecule has 0 heterocycles. The van der Waals surface area contributed by atoms with E-state index in [2.05, 4.69) is 11.0 Å². The Morgan fingerprint density at radius 1 is 1.44 bits per heavy atom. The summed E-state index contributed by atoms with van der Waals surface area (Å²) in [6, 6.07) is 7.99. The second-order valence-corrected chi connectivity index (χ2v) is 4.04. The van der Waals surface area contributed by atoms with Gasteiger partial charge in [-0.3, -0.25) is 4.79 Å². The number of ether oxygens (including phenoxy) is 1. The van der Waals surface area contributed by atoms with Gasteiger partial charge in [0.25, 0.3) is 0 Å². The first-order valence-electron chi connectivity index (χ1n) is 5.42. The van der Waals surface area contributed by atoms with Crippen LogP contribution in [0.15, 0.2) is 24.3 Å². The molecule has 0 saturated carbocycles. The highest BCUT2D eigenvalue weighted by Gasteiger charge is 2.02. The topological polar surface area (TPSA) is 29.5 Å². The summed E-state index contributed by atoms with van der Waals surface area (Å²) in [5, 5.41) is 0. The quantitative estimate of drug-likeness (QED) is 0.736. The SMILES string of the molecule is COc1cccc(CN(C)CCC(C)=O)c1. The minimum absolute atomic E-state index is 0.234. The van der Waals surface area contributed by atoms with Crippen LogP contribution in [0.4, 0.5) is 0 Å². The van der Waals surface area contributed by atoms with Gasteiger partial charge in [0.1, 0.15) is 11.5 Å². The third kappa shape index (κ3) is 4.45. The molecule has 0 radical (unpaired) electrons. The fourth-order valence-corrected chi connectivity index (χ4v) is 1.51. The molecule has 0 aromatic heterocycles. The predicted molar refractivity (Wildman–Crippen MR) is 64.6 cm³/mol. The van der Waals surface area contributed by atoms with E-state index in [9.17, 15) is 4.79 Å². The van der Waals surface area contributed by atoms with Crippen molar-refractivity contribution in [2.45, 2.75) is 19.9 Å². The van der Waals surface area contributed by atoms with E-state index in [4.69, 9.17) is 4.74 Å². The lowest BCUT2D eigenvalue weighted by molar-refractivity contribution is -0.117. The van der Waals surface area contributed by atoms with Gasteiger partial charge in [-0.1, -0.05) is 12.1 Å². The highest BCUT2D eigenvalue weighted by molar-refractivity contribution is 5.75. The van der Waals surface area contributed by atoms with Crippen LogP contribution in [0, 0.1) is 0 Å². The summed E-state index contributed by atoms with van der Waals surface area (Å²) < 4.78 is 5.16. The third-order valence-electron chi connectivity index (χ3n) is 2.43. The number of ketones is 1. The maximum atomic E-state index is 10.9. The lowest BCUT2D eigenvalue weighted by atomic mass is 10.2. The predicted octanol–water partition coefficient (Wildman–Crippen LogP) is 2.11. The summed E-state index contributed by atoms with van der Waals surface area (Å²) in [6.45, 7) is 3.26. The largest absolute Gasteiger partial charge is 0.497 e. The van der Waals surface area contributed by atoms with E-state index in [1.807, 2.05) is 25.2 Å². The Bertz CT molecular complexity index is 350. The molecular weight excluding hydrogens is 202 g/mol. The van der Waals surface area contributed by atoms with Crippen molar-refractivity contribution in [3.05, 3.63) is 29.8 Å². The molecule has 0 bridgehead atoms. The van der Waals surface area contributed by atoms with Gasteiger partial charge in [-0.15, -0.1) is 0 Å². The van der Waals surface area contributed by atoms with Crippen molar-refractivity contribution in [1.29, 1.82) is 0 Å². The summed E-state index contributed by atoms with van der Waals surface area (Å²) in [5.41, 5.74) is 1.20. The molecule has 0 amide bonds. The van der Waals surface area contributed by atoms with E-state index >= 15 is 0 Å². The van der Waals surface area contributed by atoms with E-state index < -0.39 is 0 Å². The molecule has 0 saturated heterocycles. The molecule has 0 N–H and O–H groups in total. The Labute approximate surface area is 97.0 Å². The molecule has 1 aromatic rings. The summed E-state index contributed by atoms with van der Waals surface area (Å²) in [4.78, 5) is 13.0. The number of hydrogen-bond acceptors (Lipinski definition) is 3. The Morgan fingerprint density at radius 2 is 2.19 bits per heavy atom. The number of benzene rings is 1. The lowest BCUT2D eigenvalue weighted by Gasteiger charge is -2.16. The molecule has 0 unspecified atom stereocenters. The summed E-state index contributed by atoms with van der Waals surface area (Å²) in [7, 11) is 3.68. The zero-order chi connectivity index (χ0) is 12.0. The number of Topliss-reactive ketones (excluding diaryl/α,β-unsaturated/α-hetero) is 1. The van der Waals surface area contributed by atoms with Gasteiger partial charge in [0, 0.05) is 19.5 Å². The van der Waals surface area contributed by atoms with Crippen LogP contribution >= 0.6 is 0 Å². The molecule has 0 aliphatic heterocycles. The van der Waals surface area contributed by atoms with Crippen LogP contribution in [-0.4, -0.2) is 31.4 Å². The van der Waals surface area contributed by atoms with Crippen LogP contribution in [-0.2, 0) is 11.3 Å². The number of carbonyl (C=O) groups excluding carboxylic acids is 1. The van der Waals surface area contributed by atoms with Crippen molar-refractivity contribution in [1.82, 2.24) is 4.90 Å². The molecule has 88 valence electrons. The molecule has 0 fully saturated rings. The fourth-order valence-electron chi connectivity index (χ4n) is 1.51. The molecule has 0 spiro atoms. The highest BCUT2D eigenvalue weighted by atomic mass is 16.5. The van der Waals surface area contributed by atoms with E-state index in [0.29, 0.717) is 6.42 Å². The van der Waals surface area contributed by atoms with Crippen molar-refractivity contribution in [2.24, 2.45) is 0 Å². The summed E-state index contributed by atoms with van der Waals surface area (Å²) >= 11 is 0. The van der Waals surface area contributed by atoms with Gasteiger partial charge >= 0.3 is 0 Å². The van der Waals surface area contributed by atoms with E-state index in [0.717, 1.165) is 18.8 Å². The summed E-state index contributed by atoms with van der Waals surface area (Å²) in [5.74, 6) is 1.11. The van der Waals surface area contributed by atoms with Gasteiger partial charge in [0.15, 0.2) is 0 Å². The number of carbonyl (C=O) groups is 1. The second kappa shape index (κ2) is 6.28. The van der Waals surface area contributed by atoms with Crippen LogP contribution in [0.5, 0.6) is 5.75 Å². The van der Waals surface area contributed by atoms with Crippen LogP contribution in [0.2, 0.25) is 0 Å². The second-order valence-electron chi connectivity index (χ2n) is 4.04. The van der Waals surface area contributed by atoms with Gasteiger partial charge < -0.3 is 9.64 Å². The van der Waals surface area contributed by atoms with Crippen molar-refractivity contribution in [3.8, 4) is 5.75 Å². The van der Waals surface area contributed by atoms with Gasteiger partial charge in [-0.25, -0.2) is 0 Å². The van der Waals surface area contributed by atoms with Crippen molar-refractivity contribution >= 4 is 5.78 Å². The van der Waals surface area contributed by atoms with Crippen molar-refractivity contribution in [2.75, 3.05) is 20.7 Å². The van der Waals surface area contributed by atoms with Crippen LogP contribution in [0.1, 0.15) is 18.9 Å². The normalized spacial score (nSPS) is 10.5. The third-order valence-corrected chi connectivity index (χ3v) is 2.43. The Kier molecular flexibility index (Phi) is 4.99. The zero-order valence-electron chi connectivity index (χ0n) is 10.2. The molecular formula is C13H19NO2. The number of nitrogens with zero attached hydrogens (tertiary/aromatic N) is 1. The smallest absolute Gasteiger partial charge is 0.131 e. The molecule has 1 rings (SSSR count). The van der Waals surface area contributed by atoms with E-state index in [1.165, 1.54) is 5.56 Å². The fraction of sp³-hybridized carbons (Fsp3) is 0.462. The van der Waals surface area contributed by atoms with Gasteiger partial charge in [0.2, 0.25) is 0 Å². The van der Waals surface area contributed by atoms with Gasteiger partial charge in [-0.2, -0.15) is 0 Å². The maximum absolute atomic E-state index is 10.9. The minimum atomic E-state index is 0.234. The molecule has 3 heteroatoms. The van der Waals surface area contributed by atoms with Crippen LogP contribution < -0.4 is 4.74 Å². The molecule has 3 nitrogen and oxygen atoms in total. The van der Waals surface area contributed by atoms with Crippen molar-refractivity contribution in [3.63, 3.8) is 0 Å². The Balaban J connectivity index is 2.48. The average Bonchev–Trinajstić information content (AvgIpc) is 2.26. The first-order valence-corrected chi connectivity index (χ1v) is 5.42. The first-order chi connectivity index (χ1) is 7.61. The monoisotopic (exact) mass is 221 g/mol. The number of methoxy groups -OCH3 is 1. The number of rotatable bonds is 6. The van der Waals surface area contributed by atoms with Crippen LogP contribution in [0.25, 0.3) is 0 Å². The van der Waals surface area contributed by atoms with Crippen LogP contribution in [0.3, 0.4) is 0 Å². The molecule has 0 aliphatic rings. The van der Waals surface area contributed by atoms with E-state index in [-0.39, 0.29) is 5.78 Å². The highest BCUT2D eigenvalue weighted by Crippen LogP contribution is 2.13. The van der Waals surface area contributed by atoms with E-state index in [1.54, 1.807) is 14.0 Å². The van der Waals surface area contributed by atoms with Gasteiger partial charge in [0.05, 0.1) is 7.11 Å². The first kappa shape index (κ1) is 12.7. The standard InChI is InChI=1S/C13H19NO2/c1-11(15)7-8-14(2)10-12-5-4-6-13(9-12)16-3/h4-6,9H,7-8,10H2,1-3H3. The summed E-state index contributed by atoms with van der Waals surface area (Å²) in [6.07, 6.45) is 0.612. The molecule has 0 aliphatic carbocycles.